The van der Waals surface area contributed by atoms with Gasteiger partial charge < -0.3 is 9.80 Å². The summed E-state index contributed by atoms with van der Waals surface area (Å²) in [5.41, 5.74) is 0. The number of nitrogens with one attached hydrogen (secondary N) is 1. The molecular weight excluding hydrogens is 152 g/mol. The molecule has 1 rings (SSSR count). The molecule has 0 bridgehead atoms. The van der Waals surface area contributed by atoms with E-state index >= 15 is 0 Å². The lowest BCUT2D eigenvalue weighted by Crippen LogP contribution is -3.08. The molecular formula is C9H18N2O. The lowest BCUT2D eigenvalue weighted by atomic mass is 9.96. The Morgan fingerprint density at radius 1 is 1.42 bits per heavy atom. The van der Waals surface area contributed by atoms with Crippen molar-refractivity contribution < 1.29 is 9.69 Å². The topological polar surface area (TPSA) is 24.8 Å². The minimum Gasteiger partial charge on any atom is -0.468 e. The molecule has 12 heavy (non-hydrogen) atoms. The predicted octanol–water partition coefficient (Wildman–Crippen LogP) is -0.839. The van der Waals surface area contributed by atoms with Gasteiger partial charge in [-0.05, 0) is 0 Å². The number of hydrogen-bond acceptors (Lipinski definition) is 1. The van der Waals surface area contributed by atoms with Crippen LogP contribution in [0.3, 0.4) is 0 Å². The molecule has 70 valence electrons. The van der Waals surface area contributed by atoms with Crippen LogP contribution in [-0.2, 0) is 4.79 Å². The molecule has 0 spiro atoms. The molecule has 0 aliphatic carbocycles. The molecule has 1 fully saturated rings. The zero-order valence-electron chi connectivity index (χ0n) is 7.97. The first-order valence-electron chi connectivity index (χ1n) is 4.49. The zero-order valence-corrected chi connectivity index (χ0v) is 7.97. The standard InChI is InChI=1S/C9H18N2O/c1-10(2)9(12)8-4-6-11(3)7-5-8/h8,11H,3-7H2,1-2H3. The third-order valence-corrected chi connectivity index (χ3v) is 2.48. The Labute approximate surface area is 74.3 Å². The van der Waals surface area contributed by atoms with E-state index in [4.69, 9.17) is 0 Å². The highest BCUT2D eigenvalue weighted by Crippen LogP contribution is 2.11. The van der Waals surface area contributed by atoms with Gasteiger partial charge in [0.05, 0.1) is 13.1 Å². The number of amides is 1. The van der Waals surface area contributed by atoms with E-state index in [2.05, 4.69) is 7.05 Å². The van der Waals surface area contributed by atoms with Gasteiger partial charge in [0, 0.05) is 32.9 Å². The molecule has 0 aromatic heterocycles. The highest BCUT2D eigenvalue weighted by atomic mass is 16.2. The molecule has 1 heterocycles. The van der Waals surface area contributed by atoms with Crippen molar-refractivity contribution in [3.63, 3.8) is 0 Å². The molecule has 0 aromatic rings. The largest absolute Gasteiger partial charge is 0.468 e. The van der Waals surface area contributed by atoms with E-state index in [0.29, 0.717) is 0 Å². The fourth-order valence-electron chi connectivity index (χ4n) is 1.64. The quantitative estimate of drug-likeness (QED) is 0.510. The van der Waals surface area contributed by atoms with Crippen molar-refractivity contribution >= 4 is 5.91 Å². The second-order valence-electron chi connectivity index (χ2n) is 3.76. The van der Waals surface area contributed by atoms with E-state index in [1.165, 1.54) is 4.90 Å². The van der Waals surface area contributed by atoms with E-state index in [9.17, 15) is 4.79 Å². The van der Waals surface area contributed by atoms with E-state index in [1.807, 2.05) is 14.1 Å². The van der Waals surface area contributed by atoms with E-state index in [0.717, 1.165) is 25.9 Å². The lowest BCUT2D eigenvalue weighted by Gasteiger charge is -2.31. The Balaban J connectivity index is 2.39. The Morgan fingerprint density at radius 3 is 2.33 bits per heavy atom. The van der Waals surface area contributed by atoms with Crippen LogP contribution in [0, 0.1) is 13.0 Å². The van der Waals surface area contributed by atoms with Gasteiger partial charge in [0.25, 0.3) is 0 Å². The van der Waals surface area contributed by atoms with Gasteiger partial charge in [-0.3, -0.25) is 4.79 Å². The first kappa shape index (κ1) is 9.52. The smallest absolute Gasteiger partial charge is 0.225 e. The van der Waals surface area contributed by atoms with E-state index < -0.39 is 0 Å². The van der Waals surface area contributed by atoms with Crippen molar-refractivity contribution in [1.82, 2.24) is 4.90 Å². The number of rotatable bonds is 1. The summed E-state index contributed by atoms with van der Waals surface area (Å²) in [6.45, 7) is 2.06. The predicted molar refractivity (Wildman–Crippen MR) is 47.5 cm³/mol. The summed E-state index contributed by atoms with van der Waals surface area (Å²) < 4.78 is 0. The molecule has 1 N–H and O–H groups in total. The summed E-state index contributed by atoms with van der Waals surface area (Å²) in [6, 6.07) is 0. The third-order valence-electron chi connectivity index (χ3n) is 2.48. The Bertz CT molecular complexity index is 160. The normalized spacial score (nSPS) is 29.9. The average molecular weight is 170 g/mol. The molecule has 0 atom stereocenters. The monoisotopic (exact) mass is 170 g/mol. The van der Waals surface area contributed by atoms with Crippen LogP contribution in [0.4, 0.5) is 0 Å². The highest BCUT2D eigenvalue weighted by molar-refractivity contribution is 5.78. The van der Waals surface area contributed by atoms with Crippen LogP contribution < -0.4 is 4.90 Å². The van der Waals surface area contributed by atoms with Crippen molar-refractivity contribution in [2.24, 2.45) is 5.92 Å². The van der Waals surface area contributed by atoms with Crippen LogP contribution in [0.2, 0.25) is 0 Å². The summed E-state index contributed by atoms with van der Waals surface area (Å²) in [4.78, 5) is 14.5. The SMILES string of the molecule is [CH2-][NH+]1CCC(C(=O)N(C)C)CC1. The van der Waals surface area contributed by atoms with Gasteiger partial charge in [0.2, 0.25) is 5.91 Å². The summed E-state index contributed by atoms with van der Waals surface area (Å²) in [5.74, 6) is 0.535. The van der Waals surface area contributed by atoms with E-state index in [1.54, 1.807) is 4.90 Å². The number of carbonyl (C=O) groups is 1. The average Bonchev–Trinajstić information content (AvgIpc) is 2.04. The van der Waals surface area contributed by atoms with Crippen LogP contribution >= 0.6 is 0 Å². The van der Waals surface area contributed by atoms with Crippen LogP contribution in [-0.4, -0.2) is 38.0 Å². The first-order valence-corrected chi connectivity index (χ1v) is 4.49. The zero-order chi connectivity index (χ0) is 9.14. The summed E-state index contributed by atoms with van der Waals surface area (Å²) in [5, 5.41) is 0. The maximum absolute atomic E-state index is 11.5. The lowest BCUT2D eigenvalue weighted by molar-refractivity contribution is -0.860. The van der Waals surface area contributed by atoms with Crippen molar-refractivity contribution in [2.75, 3.05) is 27.2 Å². The fourth-order valence-corrected chi connectivity index (χ4v) is 1.64. The van der Waals surface area contributed by atoms with Gasteiger partial charge in [-0.15, -0.1) is 0 Å². The molecule has 1 amide bonds. The van der Waals surface area contributed by atoms with Gasteiger partial charge >= 0.3 is 0 Å². The van der Waals surface area contributed by atoms with Gasteiger partial charge in [-0.2, -0.15) is 7.05 Å². The van der Waals surface area contributed by atoms with Crippen LogP contribution in [0.25, 0.3) is 0 Å². The molecule has 0 radical (unpaired) electrons. The number of nitrogens with zero attached hydrogens (tertiary/aromatic N) is 1. The minimum absolute atomic E-state index is 0.255. The van der Waals surface area contributed by atoms with Crippen LogP contribution in [0.1, 0.15) is 12.8 Å². The minimum atomic E-state index is 0.255. The number of carbonyl (C=O) groups excluding carboxylic acids is 1. The number of quaternary nitrogens is 1. The van der Waals surface area contributed by atoms with Crippen molar-refractivity contribution in [2.45, 2.75) is 12.8 Å². The molecule has 1 aliphatic rings. The molecule has 1 saturated heterocycles. The number of piperidine rings is 1. The first-order chi connectivity index (χ1) is 5.61. The van der Waals surface area contributed by atoms with E-state index in [-0.39, 0.29) is 11.8 Å². The van der Waals surface area contributed by atoms with Crippen LogP contribution in [0.15, 0.2) is 0 Å². The van der Waals surface area contributed by atoms with Gasteiger partial charge in [-0.25, -0.2) is 0 Å². The Hall–Kier alpha value is -0.570. The third kappa shape index (κ3) is 2.21. The van der Waals surface area contributed by atoms with Crippen molar-refractivity contribution in [3.8, 4) is 0 Å². The molecule has 3 heteroatoms. The molecule has 0 unspecified atom stereocenters. The maximum Gasteiger partial charge on any atom is 0.225 e. The Kier molecular flexibility index (Phi) is 3.09. The second-order valence-corrected chi connectivity index (χ2v) is 3.76. The fraction of sp³-hybridized carbons (Fsp3) is 0.778. The summed E-state index contributed by atoms with van der Waals surface area (Å²) in [6.07, 6.45) is 1.99. The molecule has 3 nitrogen and oxygen atoms in total. The maximum atomic E-state index is 11.5. The summed E-state index contributed by atoms with van der Waals surface area (Å²) >= 11 is 0. The number of hydrogen-bond donors (Lipinski definition) is 1. The van der Waals surface area contributed by atoms with Gasteiger partial charge in [0.15, 0.2) is 0 Å². The van der Waals surface area contributed by atoms with Crippen LogP contribution in [0.5, 0.6) is 0 Å². The highest BCUT2D eigenvalue weighted by Gasteiger charge is 2.24. The molecule has 0 saturated carbocycles. The van der Waals surface area contributed by atoms with Crippen molar-refractivity contribution in [3.05, 3.63) is 7.05 Å². The van der Waals surface area contributed by atoms with Crippen molar-refractivity contribution in [1.29, 1.82) is 0 Å². The van der Waals surface area contributed by atoms with Gasteiger partial charge in [-0.1, -0.05) is 0 Å². The summed E-state index contributed by atoms with van der Waals surface area (Å²) in [7, 11) is 7.58. The molecule has 0 aromatic carbocycles. The Morgan fingerprint density at radius 2 is 1.92 bits per heavy atom. The van der Waals surface area contributed by atoms with Gasteiger partial charge in [0.1, 0.15) is 0 Å². The number of likely N-dealkylation sites (tertiary alicyclic amines) is 1. The second kappa shape index (κ2) is 3.90. The molecule has 1 aliphatic heterocycles.